The van der Waals surface area contributed by atoms with Crippen molar-refractivity contribution in [1.82, 2.24) is 9.97 Å². The van der Waals surface area contributed by atoms with Crippen molar-refractivity contribution < 1.29 is 23.4 Å². The van der Waals surface area contributed by atoms with Crippen LogP contribution in [-0.2, 0) is 0 Å². The number of hydrogen-bond acceptors (Lipinski definition) is 8. The number of likely N-dealkylation sites (N-methyl/N-ethyl adjacent to an activating group) is 1. The first-order valence-electron chi connectivity index (χ1n) is 9.79. The van der Waals surface area contributed by atoms with Crippen molar-refractivity contribution in [2.24, 2.45) is 0 Å². The van der Waals surface area contributed by atoms with E-state index in [1.807, 2.05) is 25.8 Å². The third-order valence-corrected chi connectivity index (χ3v) is 5.67. The van der Waals surface area contributed by atoms with Crippen LogP contribution in [0.3, 0.4) is 0 Å². The number of methoxy groups -OCH3 is 1. The lowest BCUT2D eigenvalue weighted by atomic mass is 9.89. The van der Waals surface area contributed by atoms with Gasteiger partial charge in [-0.2, -0.15) is 4.98 Å². The Balaban J connectivity index is 1.38. The Morgan fingerprint density at radius 1 is 1.23 bits per heavy atom. The van der Waals surface area contributed by atoms with Gasteiger partial charge in [-0.1, -0.05) is 0 Å². The van der Waals surface area contributed by atoms with Crippen molar-refractivity contribution >= 4 is 17.5 Å². The molecule has 0 bridgehead atoms. The highest BCUT2D eigenvalue weighted by Gasteiger charge is 2.34. The van der Waals surface area contributed by atoms with Gasteiger partial charge in [-0.3, -0.25) is 0 Å². The van der Waals surface area contributed by atoms with Gasteiger partial charge in [-0.15, -0.1) is 0 Å². The second-order valence-corrected chi connectivity index (χ2v) is 7.74. The number of aliphatic hydroxyl groups is 1. The molecular weight excluding hydrogens is 396 g/mol. The maximum Gasteiger partial charge on any atom is 0.225 e. The fourth-order valence-electron chi connectivity index (χ4n) is 3.67. The number of nitrogens with one attached hydrogen (secondary N) is 2. The van der Waals surface area contributed by atoms with Gasteiger partial charge < -0.3 is 30.1 Å². The fraction of sp³-hybridized carbons (Fsp3) is 0.500. The SMILES string of the molecule is COc1c(F)cc(O[C@H]2C[C@H](Nc3nc(C)c4c(n3)N(C)[C@@H](C)C(O)N4)C2)cc1F. The van der Waals surface area contributed by atoms with Gasteiger partial charge in [0, 0.05) is 38.1 Å². The molecule has 10 heteroatoms. The first kappa shape index (κ1) is 20.4. The molecule has 0 amide bonds. The van der Waals surface area contributed by atoms with E-state index in [9.17, 15) is 13.9 Å². The number of nitrogens with zero attached hydrogens (tertiary/aromatic N) is 3. The fourth-order valence-corrected chi connectivity index (χ4v) is 3.67. The third kappa shape index (κ3) is 3.67. The average Bonchev–Trinajstić information content (AvgIpc) is 2.65. The first-order valence-corrected chi connectivity index (χ1v) is 9.79. The van der Waals surface area contributed by atoms with Crippen molar-refractivity contribution in [3.63, 3.8) is 0 Å². The number of halogens is 2. The second kappa shape index (κ2) is 7.75. The number of hydrogen-bond donors (Lipinski definition) is 3. The van der Waals surface area contributed by atoms with Crippen molar-refractivity contribution in [2.75, 3.05) is 29.7 Å². The second-order valence-electron chi connectivity index (χ2n) is 7.74. The third-order valence-electron chi connectivity index (χ3n) is 5.67. The molecule has 162 valence electrons. The van der Waals surface area contributed by atoms with E-state index in [4.69, 9.17) is 4.74 Å². The molecule has 1 aliphatic heterocycles. The number of benzene rings is 1. The summed E-state index contributed by atoms with van der Waals surface area (Å²) in [5.74, 6) is -0.660. The zero-order chi connectivity index (χ0) is 21.6. The number of aryl methyl sites for hydroxylation is 1. The Labute approximate surface area is 173 Å². The monoisotopic (exact) mass is 421 g/mol. The molecule has 3 N–H and O–H groups in total. The largest absolute Gasteiger partial charge is 0.491 e. The minimum absolute atomic E-state index is 0.0882. The number of aromatic nitrogens is 2. The zero-order valence-electron chi connectivity index (χ0n) is 17.2. The molecule has 1 aromatic carbocycles. The minimum Gasteiger partial charge on any atom is -0.491 e. The van der Waals surface area contributed by atoms with Crippen LogP contribution in [0.25, 0.3) is 0 Å². The molecule has 30 heavy (non-hydrogen) atoms. The molecule has 0 radical (unpaired) electrons. The number of aliphatic hydroxyl groups excluding tert-OH is 1. The van der Waals surface area contributed by atoms with Gasteiger partial charge in [-0.05, 0) is 13.8 Å². The Bertz CT molecular complexity index is 931. The molecular formula is C20H25F2N5O3. The van der Waals surface area contributed by atoms with E-state index in [-0.39, 0.29) is 23.9 Å². The predicted octanol–water partition coefficient (Wildman–Crippen LogP) is 2.66. The van der Waals surface area contributed by atoms with E-state index in [2.05, 4.69) is 25.3 Å². The molecule has 1 saturated carbocycles. The highest BCUT2D eigenvalue weighted by Crippen LogP contribution is 2.35. The quantitative estimate of drug-likeness (QED) is 0.679. The lowest BCUT2D eigenvalue weighted by molar-refractivity contribution is 0.107. The van der Waals surface area contributed by atoms with Gasteiger partial charge in [0.05, 0.1) is 18.8 Å². The van der Waals surface area contributed by atoms with Crippen LogP contribution in [0.5, 0.6) is 11.5 Å². The van der Waals surface area contributed by atoms with Crippen LogP contribution in [0.2, 0.25) is 0 Å². The zero-order valence-corrected chi connectivity index (χ0v) is 17.2. The highest BCUT2D eigenvalue weighted by molar-refractivity contribution is 5.72. The molecule has 4 rings (SSSR count). The maximum absolute atomic E-state index is 13.8. The first-order chi connectivity index (χ1) is 14.3. The topological polar surface area (TPSA) is 91.8 Å². The summed E-state index contributed by atoms with van der Waals surface area (Å²) in [6.07, 6.45) is 0.448. The van der Waals surface area contributed by atoms with Crippen LogP contribution in [0.1, 0.15) is 25.5 Å². The van der Waals surface area contributed by atoms with Gasteiger partial charge in [0.15, 0.2) is 23.2 Å². The van der Waals surface area contributed by atoms with Crippen LogP contribution in [0.4, 0.5) is 26.2 Å². The van der Waals surface area contributed by atoms with Crippen LogP contribution < -0.4 is 25.0 Å². The molecule has 2 heterocycles. The molecule has 2 aromatic rings. The Kier molecular flexibility index (Phi) is 5.27. The summed E-state index contributed by atoms with van der Waals surface area (Å²) < 4.78 is 38.0. The van der Waals surface area contributed by atoms with E-state index >= 15 is 0 Å². The lowest BCUT2D eigenvalue weighted by Crippen LogP contribution is -2.48. The summed E-state index contributed by atoms with van der Waals surface area (Å²) in [6.45, 7) is 3.76. The number of fused-ring (bicyclic) bond motifs is 1. The van der Waals surface area contributed by atoms with Crippen molar-refractivity contribution in [2.45, 2.75) is 51.1 Å². The summed E-state index contributed by atoms with van der Waals surface area (Å²) in [4.78, 5) is 11.0. The number of anilines is 3. The summed E-state index contributed by atoms with van der Waals surface area (Å²) in [5, 5.41) is 16.4. The summed E-state index contributed by atoms with van der Waals surface area (Å²) >= 11 is 0. The molecule has 2 aliphatic rings. The minimum atomic E-state index is -0.795. The van der Waals surface area contributed by atoms with Crippen LogP contribution in [0.15, 0.2) is 12.1 Å². The molecule has 1 unspecified atom stereocenters. The van der Waals surface area contributed by atoms with Crippen molar-refractivity contribution in [3.8, 4) is 11.5 Å². The van der Waals surface area contributed by atoms with Crippen LogP contribution >= 0.6 is 0 Å². The average molecular weight is 421 g/mol. The highest BCUT2D eigenvalue weighted by atomic mass is 19.1. The Morgan fingerprint density at radius 2 is 1.90 bits per heavy atom. The lowest BCUT2D eigenvalue weighted by Gasteiger charge is -2.39. The van der Waals surface area contributed by atoms with Crippen LogP contribution in [-0.4, -0.2) is 53.6 Å². The molecule has 1 fully saturated rings. The summed E-state index contributed by atoms with van der Waals surface area (Å²) in [5.41, 5.74) is 1.45. The van der Waals surface area contributed by atoms with E-state index in [1.165, 1.54) is 7.11 Å². The number of rotatable bonds is 5. The molecule has 0 spiro atoms. The van der Waals surface area contributed by atoms with Gasteiger partial charge in [-0.25, -0.2) is 13.8 Å². The Hall–Kier alpha value is -2.88. The summed E-state index contributed by atoms with van der Waals surface area (Å²) in [7, 11) is 3.09. The van der Waals surface area contributed by atoms with Gasteiger partial charge in [0.25, 0.3) is 0 Å². The predicted molar refractivity (Wildman–Crippen MR) is 108 cm³/mol. The standard InChI is InChI=1S/C20H25F2N5O3/c1-9-16-18(27(3)10(2)19(28)25-16)26-20(23-9)24-11-5-12(6-11)30-13-7-14(21)17(29-4)15(22)8-13/h7-8,10-12,19,25,28H,5-6H2,1-4H3,(H,23,24,26)/t10-,11-,12-,19?/m0/s1. The van der Waals surface area contributed by atoms with Crippen molar-refractivity contribution in [3.05, 3.63) is 29.5 Å². The molecule has 0 saturated heterocycles. The molecule has 1 aromatic heterocycles. The smallest absolute Gasteiger partial charge is 0.225 e. The normalized spacial score (nSPS) is 25.1. The van der Waals surface area contributed by atoms with E-state index in [0.717, 1.165) is 23.6 Å². The van der Waals surface area contributed by atoms with Crippen molar-refractivity contribution in [1.29, 1.82) is 0 Å². The van der Waals surface area contributed by atoms with E-state index in [0.29, 0.717) is 24.5 Å². The van der Waals surface area contributed by atoms with Crippen LogP contribution in [0, 0.1) is 18.6 Å². The van der Waals surface area contributed by atoms with E-state index in [1.54, 1.807) is 0 Å². The number of ether oxygens (including phenoxy) is 2. The van der Waals surface area contributed by atoms with E-state index < -0.39 is 23.6 Å². The van der Waals surface area contributed by atoms with Gasteiger partial charge in [0.1, 0.15) is 23.8 Å². The molecule has 1 aliphatic carbocycles. The maximum atomic E-state index is 13.8. The molecule has 8 nitrogen and oxygen atoms in total. The molecule has 2 atom stereocenters. The Morgan fingerprint density at radius 3 is 2.53 bits per heavy atom. The van der Waals surface area contributed by atoms with Gasteiger partial charge >= 0.3 is 0 Å². The van der Waals surface area contributed by atoms with Gasteiger partial charge in [0.2, 0.25) is 5.95 Å². The summed E-state index contributed by atoms with van der Waals surface area (Å²) in [6, 6.07) is 2.20.